The number of benzene rings is 1. The Kier molecular flexibility index (Phi) is 6.51. The van der Waals surface area contributed by atoms with E-state index < -0.39 is 0 Å². The van der Waals surface area contributed by atoms with E-state index in [9.17, 15) is 0 Å². The maximum atomic E-state index is 5.48. The van der Waals surface area contributed by atoms with Crippen molar-refractivity contribution in [2.24, 2.45) is 0 Å². The zero-order valence-corrected chi connectivity index (χ0v) is 12.7. The van der Waals surface area contributed by atoms with Crippen molar-refractivity contribution in [3.8, 4) is 0 Å². The third-order valence-electron chi connectivity index (χ3n) is 4.08. The normalized spacial score (nSPS) is 21.7. The molecule has 1 N–H and O–H groups in total. The first kappa shape index (κ1) is 15.5. The standard InChI is InChI=1S/C17H27NO2/c1-14-8-9-17(16-7-4-3-6-15(14)16)18-10-5-11-20-13-12-19-2/h3-4,6-7,14,17-18H,5,8-13H2,1-2H3. The highest BCUT2D eigenvalue weighted by atomic mass is 16.5. The van der Waals surface area contributed by atoms with Crippen LogP contribution in [0.2, 0.25) is 0 Å². The van der Waals surface area contributed by atoms with Crippen LogP contribution in [0.5, 0.6) is 0 Å². The Labute approximate surface area is 122 Å². The molecule has 0 radical (unpaired) electrons. The predicted octanol–water partition coefficient (Wildman–Crippen LogP) is 3.27. The van der Waals surface area contributed by atoms with Gasteiger partial charge in [0, 0.05) is 19.8 Å². The summed E-state index contributed by atoms with van der Waals surface area (Å²) < 4.78 is 10.4. The van der Waals surface area contributed by atoms with Crippen molar-refractivity contribution < 1.29 is 9.47 Å². The van der Waals surface area contributed by atoms with Gasteiger partial charge in [0.1, 0.15) is 0 Å². The third-order valence-corrected chi connectivity index (χ3v) is 4.08. The minimum atomic E-state index is 0.515. The van der Waals surface area contributed by atoms with Gasteiger partial charge in [0.05, 0.1) is 13.2 Å². The maximum Gasteiger partial charge on any atom is 0.0700 e. The molecular weight excluding hydrogens is 250 g/mol. The monoisotopic (exact) mass is 277 g/mol. The van der Waals surface area contributed by atoms with Gasteiger partial charge in [-0.25, -0.2) is 0 Å². The summed E-state index contributed by atoms with van der Waals surface area (Å²) in [7, 11) is 1.70. The van der Waals surface area contributed by atoms with Gasteiger partial charge in [-0.05, 0) is 42.9 Å². The molecule has 0 heterocycles. The fourth-order valence-electron chi connectivity index (χ4n) is 2.91. The largest absolute Gasteiger partial charge is 0.382 e. The molecule has 3 nitrogen and oxygen atoms in total. The lowest BCUT2D eigenvalue weighted by Crippen LogP contribution is -2.27. The first-order valence-electron chi connectivity index (χ1n) is 7.72. The van der Waals surface area contributed by atoms with Crippen LogP contribution in [0.25, 0.3) is 0 Å². The summed E-state index contributed by atoms with van der Waals surface area (Å²) in [6.45, 7) is 5.53. The van der Waals surface area contributed by atoms with E-state index in [0.29, 0.717) is 25.2 Å². The lowest BCUT2D eigenvalue weighted by atomic mass is 9.81. The molecule has 1 aromatic rings. The predicted molar refractivity (Wildman–Crippen MR) is 82.1 cm³/mol. The van der Waals surface area contributed by atoms with E-state index in [4.69, 9.17) is 9.47 Å². The number of methoxy groups -OCH3 is 1. The molecule has 2 atom stereocenters. The van der Waals surface area contributed by atoms with Crippen LogP contribution in [0.4, 0.5) is 0 Å². The zero-order valence-electron chi connectivity index (χ0n) is 12.7. The van der Waals surface area contributed by atoms with Gasteiger partial charge in [-0.2, -0.15) is 0 Å². The Morgan fingerprint density at radius 2 is 1.90 bits per heavy atom. The van der Waals surface area contributed by atoms with Crippen LogP contribution in [0.3, 0.4) is 0 Å². The molecule has 0 saturated heterocycles. The highest BCUT2D eigenvalue weighted by Crippen LogP contribution is 2.36. The molecule has 0 aliphatic heterocycles. The van der Waals surface area contributed by atoms with Crippen molar-refractivity contribution in [1.29, 1.82) is 0 Å². The highest BCUT2D eigenvalue weighted by molar-refractivity contribution is 5.34. The number of nitrogens with one attached hydrogen (secondary N) is 1. The second kappa shape index (κ2) is 8.40. The van der Waals surface area contributed by atoms with E-state index >= 15 is 0 Å². The van der Waals surface area contributed by atoms with E-state index in [1.165, 1.54) is 24.0 Å². The Morgan fingerprint density at radius 3 is 2.70 bits per heavy atom. The second-order valence-corrected chi connectivity index (χ2v) is 5.57. The topological polar surface area (TPSA) is 30.5 Å². The zero-order chi connectivity index (χ0) is 14.2. The number of hydrogen-bond donors (Lipinski definition) is 1. The smallest absolute Gasteiger partial charge is 0.0700 e. The van der Waals surface area contributed by atoms with Crippen LogP contribution in [0.15, 0.2) is 24.3 Å². The van der Waals surface area contributed by atoms with Gasteiger partial charge >= 0.3 is 0 Å². The molecule has 3 heteroatoms. The average molecular weight is 277 g/mol. The van der Waals surface area contributed by atoms with Gasteiger partial charge in [0.2, 0.25) is 0 Å². The lowest BCUT2D eigenvalue weighted by Gasteiger charge is -2.30. The van der Waals surface area contributed by atoms with Crippen molar-refractivity contribution in [3.63, 3.8) is 0 Å². The van der Waals surface area contributed by atoms with E-state index in [1.54, 1.807) is 7.11 Å². The molecule has 1 aliphatic rings. The van der Waals surface area contributed by atoms with Gasteiger partial charge in [-0.3, -0.25) is 0 Å². The highest BCUT2D eigenvalue weighted by Gasteiger charge is 2.23. The average Bonchev–Trinajstić information content (AvgIpc) is 2.49. The molecule has 0 aromatic heterocycles. The molecule has 0 saturated carbocycles. The quantitative estimate of drug-likeness (QED) is 0.740. The van der Waals surface area contributed by atoms with Crippen LogP contribution >= 0.6 is 0 Å². The number of ether oxygens (including phenoxy) is 2. The van der Waals surface area contributed by atoms with Crippen LogP contribution in [-0.4, -0.2) is 33.5 Å². The molecular formula is C17H27NO2. The molecule has 1 aromatic carbocycles. The molecule has 0 fully saturated rings. The van der Waals surface area contributed by atoms with Crippen LogP contribution in [-0.2, 0) is 9.47 Å². The Hall–Kier alpha value is -0.900. The van der Waals surface area contributed by atoms with E-state index in [0.717, 1.165) is 19.6 Å². The second-order valence-electron chi connectivity index (χ2n) is 5.57. The van der Waals surface area contributed by atoms with Crippen molar-refractivity contribution in [3.05, 3.63) is 35.4 Å². The Morgan fingerprint density at radius 1 is 1.10 bits per heavy atom. The summed E-state index contributed by atoms with van der Waals surface area (Å²) in [6, 6.07) is 9.38. The minimum Gasteiger partial charge on any atom is -0.382 e. The molecule has 0 amide bonds. The molecule has 112 valence electrons. The maximum absolute atomic E-state index is 5.48. The summed E-state index contributed by atoms with van der Waals surface area (Å²) in [5, 5.41) is 3.68. The van der Waals surface area contributed by atoms with Gasteiger partial charge in [0.25, 0.3) is 0 Å². The van der Waals surface area contributed by atoms with Gasteiger partial charge in [0.15, 0.2) is 0 Å². The van der Waals surface area contributed by atoms with E-state index in [-0.39, 0.29) is 0 Å². The van der Waals surface area contributed by atoms with Crippen molar-refractivity contribution in [2.75, 3.05) is 33.5 Å². The van der Waals surface area contributed by atoms with E-state index in [2.05, 4.69) is 36.5 Å². The number of fused-ring (bicyclic) bond motifs is 1. The summed E-state index contributed by atoms with van der Waals surface area (Å²) >= 11 is 0. The molecule has 1 aliphatic carbocycles. The van der Waals surface area contributed by atoms with Crippen LogP contribution in [0.1, 0.15) is 49.3 Å². The molecule has 2 rings (SSSR count). The Bertz CT molecular complexity index is 394. The van der Waals surface area contributed by atoms with E-state index in [1.807, 2.05) is 0 Å². The van der Waals surface area contributed by atoms with Gasteiger partial charge in [-0.1, -0.05) is 31.2 Å². The first-order valence-corrected chi connectivity index (χ1v) is 7.72. The molecule has 20 heavy (non-hydrogen) atoms. The van der Waals surface area contributed by atoms with Crippen molar-refractivity contribution in [2.45, 2.75) is 38.1 Å². The SMILES string of the molecule is COCCOCCCNC1CCC(C)c2ccccc21. The first-order chi connectivity index (χ1) is 9.83. The number of rotatable bonds is 8. The lowest BCUT2D eigenvalue weighted by molar-refractivity contribution is 0.0692. The fraction of sp³-hybridized carbons (Fsp3) is 0.647. The molecule has 0 spiro atoms. The van der Waals surface area contributed by atoms with Gasteiger partial charge in [-0.15, -0.1) is 0 Å². The van der Waals surface area contributed by atoms with Crippen molar-refractivity contribution in [1.82, 2.24) is 5.32 Å². The third kappa shape index (κ3) is 4.30. The summed E-state index contributed by atoms with van der Waals surface area (Å²) in [6.07, 6.45) is 3.57. The number of hydrogen-bond acceptors (Lipinski definition) is 3. The molecule has 2 unspecified atom stereocenters. The summed E-state index contributed by atoms with van der Waals surface area (Å²) in [5.41, 5.74) is 3.01. The fourth-order valence-corrected chi connectivity index (χ4v) is 2.91. The van der Waals surface area contributed by atoms with Crippen LogP contribution < -0.4 is 5.32 Å². The Balaban J connectivity index is 1.73. The summed E-state index contributed by atoms with van der Waals surface area (Å²) in [5.74, 6) is 0.696. The minimum absolute atomic E-state index is 0.515. The summed E-state index contributed by atoms with van der Waals surface area (Å²) in [4.78, 5) is 0. The van der Waals surface area contributed by atoms with Crippen molar-refractivity contribution >= 4 is 0 Å². The van der Waals surface area contributed by atoms with Gasteiger partial charge < -0.3 is 14.8 Å². The molecule has 0 bridgehead atoms. The van der Waals surface area contributed by atoms with Crippen LogP contribution in [0, 0.1) is 0 Å².